The lowest BCUT2D eigenvalue weighted by atomic mass is 10.2. The summed E-state index contributed by atoms with van der Waals surface area (Å²) in [5.41, 5.74) is 0.914. The van der Waals surface area contributed by atoms with Gasteiger partial charge >= 0.3 is 0 Å². The van der Waals surface area contributed by atoms with Crippen LogP contribution < -0.4 is 15.5 Å². The molecule has 6 nitrogen and oxygen atoms in total. The van der Waals surface area contributed by atoms with Crippen LogP contribution in [-0.2, 0) is 9.59 Å². The fourth-order valence-electron chi connectivity index (χ4n) is 1.82. The van der Waals surface area contributed by atoms with Crippen LogP contribution in [0.3, 0.4) is 0 Å². The lowest BCUT2D eigenvalue weighted by Crippen LogP contribution is -3.11. The van der Waals surface area contributed by atoms with Crippen LogP contribution in [0.15, 0.2) is 24.3 Å². The molecule has 0 aliphatic rings. The van der Waals surface area contributed by atoms with E-state index in [2.05, 4.69) is 10.6 Å². The fraction of sp³-hybridized carbons (Fsp3) is 0.400. The van der Waals surface area contributed by atoms with E-state index in [1.807, 2.05) is 13.0 Å². The van der Waals surface area contributed by atoms with Gasteiger partial charge in [-0.05, 0) is 18.6 Å². The van der Waals surface area contributed by atoms with Crippen LogP contribution in [-0.4, -0.2) is 38.5 Å². The second-order valence-corrected chi connectivity index (χ2v) is 4.87. The molecule has 1 aromatic carbocycles. The first-order valence-corrected chi connectivity index (χ1v) is 6.93. The van der Waals surface area contributed by atoms with Crippen molar-refractivity contribution in [3.8, 4) is 6.07 Å². The van der Waals surface area contributed by atoms with Crippen LogP contribution in [0.4, 0.5) is 5.69 Å². The molecule has 0 saturated heterocycles. The average molecular weight is 289 g/mol. The highest BCUT2D eigenvalue weighted by Crippen LogP contribution is 2.12. The van der Waals surface area contributed by atoms with Gasteiger partial charge in [0.25, 0.3) is 11.8 Å². The number of nitrogens with zero attached hydrogens (tertiary/aromatic N) is 1. The van der Waals surface area contributed by atoms with Crippen molar-refractivity contribution in [2.75, 3.05) is 32.0 Å². The van der Waals surface area contributed by atoms with Gasteiger partial charge in [-0.15, -0.1) is 0 Å². The Balaban J connectivity index is 2.46. The molecule has 21 heavy (non-hydrogen) atoms. The number of carbonyl (C=O) groups is 2. The number of quaternary nitrogens is 1. The Hall–Kier alpha value is -2.39. The molecule has 0 aliphatic heterocycles. The number of benzene rings is 1. The topological polar surface area (TPSA) is 86.4 Å². The third kappa shape index (κ3) is 6.06. The summed E-state index contributed by atoms with van der Waals surface area (Å²) >= 11 is 0. The summed E-state index contributed by atoms with van der Waals surface area (Å²) in [6, 6.07) is 8.84. The molecule has 0 spiro atoms. The number of rotatable bonds is 7. The Labute approximate surface area is 124 Å². The van der Waals surface area contributed by atoms with E-state index in [0.717, 1.165) is 11.3 Å². The van der Waals surface area contributed by atoms with Gasteiger partial charge < -0.3 is 15.5 Å². The monoisotopic (exact) mass is 289 g/mol. The van der Waals surface area contributed by atoms with Crippen molar-refractivity contribution < 1.29 is 14.5 Å². The molecule has 0 aromatic heterocycles. The number of nitriles is 1. The zero-order valence-corrected chi connectivity index (χ0v) is 12.4. The van der Waals surface area contributed by atoms with Crippen molar-refractivity contribution in [1.29, 1.82) is 5.26 Å². The smallest absolute Gasteiger partial charge is 0.279 e. The molecule has 112 valence electrons. The second kappa shape index (κ2) is 8.72. The van der Waals surface area contributed by atoms with Crippen molar-refractivity contribution in [3.05, 3.63) is 29.8 Å². The number of nitrogens with one attached hydrogen (secondary N) is 3. The van der Waals surface area contributed by atoms with E-state index < -0.39 is 0 Å². The fourth-order valence-corrected chi connectivity index (χ4v) is 1.82. The molecule has 0 radical (unpaired) electrons. The number of likely N-dealkylation sites (N-methyl/N-ethyl adjacent to an activating group) is 1. The predicted octanol–water partition coefficient (Wildman–Crippen LogP) is -0.462. The standard InChI is InChI=1S/C15H20N4O2/c1-3-8-17-14(20)10-19(2)11-15(21)18-13-7-5-4-6-12(13)9-16/h4-7H,3,8,10-11H2,1-2H3,(H,17,20)(H,18,21)/p+1. The lowest BCUT2D eigenvalue weighted by molar-refractivity contribution is -0.862. The van der Waals surface area contributed by atoms with E-state index in [1.54, 1.807) is 31.3 Å². The van der Waals surface area contributed by atoms with Crippen LogP contribution >= 0.6 is 0 Å². The first-order chi connectivity index (χ1) is 10.1. The maximum absolute atomic E-state index is 11.9. The van der Waals surface area contributed by atoms with Gasteiger partial charge in [-0.1, -0.05) is 19.1 Å². The zero-order valence-electron chi connectivity index (χ0n) is 12.4. The highest BCUT2D eigenvalue weighted by atomic mass is 16.2. The maximum atomic E-state index is 11.9. The third-order valence-electron chi connectivity index (χ3n) is 2.82. The molecule has 0 bridgehead atoms. The molecule has 6 heteroatoms. The summed E-state index contributed by atoms with van der Waals surface area (Å²) in [5, 5.41) is 14.4. The van der Waals surface area contributed by atoms with Crippen molar-refractivity contribution in [1.82, 2.24) is 5.32 Å². The van der Waals surface area contributed by atoms with Crippen LogP contribution in [0.5, 0.6) is 0 Å². The number of hydrogen-bond donors (Lipinski definition) is 3. The highest BCUT2D eigenvalue weighted by molar-refractivity contribution is 5.92. The summed E-state index contributed by atoms with van der Waals surface area (Å²) in [4.78, 5) is 24.2. The molecule has 1 rings (SSSR count). The van der Waals surface area contributed by atoms with Gasteiger partial charge in [-0.2, -0.15) is 5.26 Å². The van der Waals surface area contributed by atoms with Crippen molar-refractivity contribution >= 4 is 17.5 Å². The Kier molecular flexibility index (Phi) is 6.92. The molecule has 1 unspecified atom stereocenters. The minimum Gasteiger partial charge on any atom is -0.351 e. The van der Waals surface area contributed by atoms with E-state index in [0.29, 0.717) is 17.8 Å². The minimum absolute atomic E-state index is 0.0698. The zero-order chi connectivity index (χ0) is 15.7. The van der Waals surface area contributed by atoms with E-state index in [-0.39, 0.29) is 24.9 Å². The van der Waals surface area contributed by atoms with Crippen LogP contribution in [0, 0.1) is 11.3 Å². The van der Waals surface area contributed by atoms with Crippen LogP contribution in [0.2, 0.25) is 0 Å². The van der Waals surface area contributed by atoms with Gasteiger partial charge in [-0.3, -0.25) is 9.59 Å². The molecular formula is C15H21N4O2+. The SMILES string of the molecule is CCCNC(=O)C[NH+](C)CC(=O)Nc1ccccc1C#N. The molecule has 1 atom stereocenters. The number of carbonyl (C=O) groups excluding carboxylic acids is 2. The summed E-state index contributed by atoms with van der Waals surface area (Å²) < 4.78 is 0. The Morgan fingerprint density at radius 3 is 2.57 bits per heavy atom. The average Bonchev–Trinajstić information content (AvgIpc) is 2.45. The Morgan fingerprint density at radius 1 is 1.24 bits per heavy atom. The quantitative estimate of drug-likeness (QED) is 0.635. The van der Waals surface area contributed by atoms with Crippen molar-refractivity contribution in [2.24, 2.45) is 0 Å². The van der Waals surface area contributed by atoms with E-state index in [4.69, 9.17) is 5.26 Å². The molecule has 0 saturated carbocycles. The lowest BCUT2D eigenvalue weighted by Gasteiger charge is -2.14. The molecule has 0 aliphatic carbocycles. The molecular weight excluding hydrogens is 268 g/mol. The number of para-hydroxylation sites is 1. The number of hydrogen-bond acceptors (Lipinski definition) is 3. The van der Waals surface area contributed by atoms with Gasteiger partial charge in [0.05, 0.1) is 18.3 Å². The summed E-state index contributed by atoms with van der Waals surface area (Å²) in [6.45, 7) is 3.04. The second-order valence-electron chi connectivity index (χ2n) is 4.87. The highest BCUT2D eigenvalue weighted by Gasteiger charge is 2.14. The molecule has 3 N–H and O–H groups in total. The van der Waals surface area contributed by atoms with E-state index >= 15 is 0 Å². The van der Waals surface area contributed by atoms with Gasteiger partial charge in [0, 0.05) is 6.54 Å². The minimum atomic E-state index is -0.224. The summed E-state index contributed by atoms with van der Waals surface area (Å²) in [7, 11) is 1.78. The van der Waals surface area contributed by atoms with Gasteiger partial charge in [0.1, 0.15) is 6.07 Å². The normalized spacial score (nSPS) is 11.3. The summed E-state index contributed by atoms with van der Waals surface area (Å²) in [5.74, 6) is -0.293. The third-order valence-corrected chi connectivity index (χ3v) is 2.82. The molecule has 0 heterocycles. The Bertz CT molecular complexity index is 537. The van der Waals surface area contributed by atoms with Crippen LogP contribution in [0.1, 0.15) is 18.9 Å². The van der Waals surface area contributed by atoms with Crippen molar-refractivity contribution in [3.63, 3.8) is 0 Å². The molecule has 2 amide bonds. The summed E-state index contributed by atoms with van der Waals surface area (Å²) in [6.07, 6.45) is 0.885. The van der Waals surface area contributed by atoms with Crippen LogP contribution in [0.25, 0.3) is 0 Å². The van der Waals surface area contributed by atoms with Crippen molar-refractivity contribution in [2.45, 2.75) is 13.3 Å². The van der Waals surface area contributed by atoms with Gasteiger partial charge in [-0.25, -0.2) is 0 Å². The number of amides is 2. The van der Waals surface area contributed by atoms with E-state index in [1.165, 1.54) is 0 Å². The predicted molar refractivity (Wildman–Crippen MR) is 79.7 cm³/mol. The first-order valence-electron chi connectivity index (χ1n) is 6.93. The first kappa shape index (κ1) is 16.7. The Morgan fingerprint density at radius 2 is 1.90 bits per heavy atom. The van der Waals surface area contributed by atoms with Gasteiger partial charge in [0.2, 0.25) is 0 Å². The van der Waals surface area contributed by atoms with E-state index in [9.17, 15) is 9.59 Å². The maximum Gasteiger partial charge on any atom is 0.279 e. The number of anilines is 1. The molecule has 1 aromatic rings. The van der Waals surface area contributed by atoms with Gasteiger partial charge in [0.15, 0.2) is 13.1 Å². The largest absolute Gasteiger partial charge is 0.351 e. The molecule has 0 fully saturated rings.